The Morgan fingerprint density at radius 1 is 1.40 bits per heavy atom. The number of aromatic amines is 1. The van der Waals surface area contributed by atoms with Crippen molar-refractivity contribution in [3.8, 4) is 5.75 Å². The number of amides is 1. The van der Waals surface area contributed by atoms with E-state index in [4.69, 9.17) is 4.74 Å². The fourth-order valence-corrected chi connectivity index (χ4v) is 2.65. The molecule has 0 saturated carbocycles. The van der Waals surface area contributed by atoms with Crippen LogP contribution in [0.4, 0.5) is 0 Å². The molecule has 0 radical (unpaired) electrons. The Morgan fingerprint density at radius 3 is 2.85 bits per heavy atom. The van der Waals surface area contributed by atoms with Crippen LogP contribution in [0.3, 0.4) is 0 Å². The van der Waals surface area contributed by atoms with Crippen LogP contribution < -0.4 is 4.74 Å². The van der Waals surface area contributed by atoms with Gasteiger partial charge in [-0.1, -0.05) is 6.92 Å². The molecule has 1 aliphatic rings. The molecule has 2 heterocycles. The van der Waals surface area contributed by atoms with E-state index >= 15 is 0 Å². The van der Waals surface area contributed by atoms with E-state index < -0.39 is 0 Å². The second kappa shape index (κ2) is 5.15. The normalized spacial score (nSPS) is 16.6. The van der Waals surface area contributed by atoms with Gasteiger partial charge in [0.25, 0.3) is 5.91 Å². The SMILES string of the molecule is COc1ccc2c(C(=O)N3CCC(C)CC3)n[nH]c2c1. The van der Waals surface area contributed by atoms with Crippen LogP contribution >= 0.6 is 0 Å². The first kappa shape index (κ1) is 13.0. The zero-order chi connectivity index (χ0) is 14.1. The Labute approximate surface area is 117 Å². The standard InChI is InChI=1S/C15H19N3O2/c1-10-5-7-18(8-6-10)15(19)14-12-4-3-11(20-2)9-13(12)16-17-14/h3-4,9-10H,5-8H2,1-2H3,(H,16,17). The summed E-state index contributed by atoms with van der Waals surface area (Å²) in [6.45, 7) is 3.88. The van der Waals surface area contributed by atoms with Crippen LogP contribution in [0, 0.1) is 5.92 Å². The van der Waals surface area contributed by atoms with E-state index in [9.17, 15) is 4.79 Å². The molecule has 1 amide bonds. The molecule has 0 aliphatic carbocycles. The van der Waals surface area contributed by atoms with Gasteiger partial charge in [-0.15, -0.1) is 0 Å². The first-order chi connectivity index (χ1) is 9.69. The third kappa shape index (κ3) is 2.24. The summed E-state index contributed by atoms with van der Waals surface area (Å²) in [5, 5.41) is 7.96. The second-order valence-electron chi connectivity index (χ2n) is 5.46. The smallest absolute Gasteiger partial charge is 0.274 e. The molecule has 1 aromatic carbocycles. The van der Waals surface area contributed by atoms with Crippen molar-refractivity contribution in [2.75, 3.05) is 20.2 Å². The minimum atomic E-state index is 0.0216. The molecule has 1 aromatic heterocycles. The summed E-state index contributed by atoms with van der Waals surface area (Å²) in [6, 6.07) is 5.60. The first-order valence-corrected chi connectivity index (χ1v) is 7.00. The third-order valence-electron chi connectivity index (χ3n) is 4.04. The Morgan fingerprint density at radius 2 is 2.15 bits per heavy atom. The molecule has 20 heavy (non-hydrogen) atoms. The van der Waals surface area contributed by atoms with Crippen molar-refractivity contribution in [3.63, 3.8) is 0 Å². The van der Waals surface area contributed by atoms with Gasteiger partial charge in [-0.2, -0.15) is 5.10 Å². The van der Waals surface area contributed by atoms with Crippen LogP contribution in [0.1, 0.15) is 30.3 Å². The number of ether oxygens (including phenoxy) is 1. The first-order valence-electron chi connectivity index (χ1n) is 7.00. The highest BCUT2D eigenvalue weighted by molar-refractivity contribution is 6.04. The number of H-pyrrole nitrogens is 1. The lowest BCUT2D eigenvalue weighted by molar-refractivity contribution is 0.0693. The Hall–Kier alpha value is -2.04. The zero-order valence-electron chi connectivity index (χ0n) is 11.8. The van der Waals surface area contributed by atoms with Crippen molar-refractivity contribution in [1.82, 2.24) is 15.1 Å². The minimum absolute atomic E-state index is 0.0216. The van der Waals surface area contributed by atoms with E-state index in [1.54, 1.807) is 7.11 Å². The molecule has 2 aromatic rings. The van der Waals surface area contributed by atoms with Crippen molar-refractivity contribution in [2.45, 2.75) is 19.8 Å². The van der Waals surface area contributed by atoms with Gasteiger partial charge in [-0.3, -0.25) is 9.89 Å². The lowest BCUT2D eigenvalue weighted by atomic mass is 9.99. The molecule has 0 unspecified atom stereocenters. The quantitative estimate of drug-likeness (QED) is 0.914. The van der Waals surface area contributed by atoms with Gasteiger partial charge in [-0.05, 0) is 30.9 Å². The van der Waals surface area contributed by atoms with E-state index in [1.807, 2.05) is 23.1 Å². The van der Waals surface area contributed by atoms with Gasteiger partial charge in [0.15, 0.2) is 5.69 Å². The number of carbonyl (C=O) groups is 1. The van der Waals surface area contributed by atoms with E-state index in [2.05, 4.69) is 17.1 Å². The van der Waals surface area contributed by atoms with Crippen molar-refractivity contribution in [3.05, 3.63) is 23.9 Å². The number of carbonyl (C=O) groups excluding carboxylic acids is 1. The highest BCUT2D eigenvalue weighted by Crippen LogP contribution is 2.24. The molecule has 5 nitrogen and oxygen atoms in total. The van der Waals surface area contributed by atoms with Crippen molar-refractivity contribution >= 4 is 16.8 Å². The zero-order valence-corrected chi connectivity index (χ0v) is 11.8. The number of rotatable bonds is 2. The maximum absolute atomic E-state index is 12.5. The van der Waals surface area contributed by atoms with Gasteiger partial charge < -0.3 is 9.64 Å². The molecule has 1 saturated heterocycles. The molecular formula is C15H19N3O2. The van der Waals surface area contributed by atoms with E-state index in [0.29, 0.717) is 11.6 Å². The molecule has 1 aliphatic heterocycles. The maximum Gasteiger partial charge on any atom is 0.274 e. The van der Waals surface area contributed by atoms with Gasteiger partial charge in [0, 0.05) is 24.5 Å². The Balaban J connectivity index is 1.88. The van der Waals surface area contributed by atoms with Crippen molar-refractivity contribution in [1.29, 1.82) is 0 Å². The summed E-state index contributed by atoms with van der Waals surface area (Å²) in [7, 11) is 1.62. The number of piperidine rings is 1. The number of likely N-dealkylation sites (tertiary alicyclic amines) is 1. The monoisotopic (exact) mass is 273 g/mol. The molecule has 3 rings (SSSR count). The molecule has 106 valence electrons. The number of hydrogen-bond donors (Lipinski definition) is 1. The summed E-state index contributed by atoms with van der Waals surface area (Å²) in [4.78, 5) is 14.5. The summed E-state index contributed by atoms with van der Waals surface area (Å²) >= 11 is 0. The summed E-state index contributed by atoms with van der Waals surface area (Å²) in [5.74, 6) is 1.49. The second-order valence-corrected chi connectivity index (χ2v) is 5.46. The number of nitrogens with zero attached hydrogens (tertiary/aromatic N) is 2. The Bertz CT molecular complexity index is 627. The number of nitrogens with one attached hydrogen (secondary N) is 1. The van der Waals surface area contributed by atoms with Crippen LogP contribution in [0.15, 0.2) is 18.2 Å². The average Bonchev–Trinajstić information content (AvgIpc) is 2.90. The molecule has 0 atom stereocenters. The number of benzene rings is 1. The lowest BCUT2D eigenvalue weighted by Crippen LogP contribution is -2.38. The topological polar surface area (TPSA) is 58.2 Å². The summed E-state index contributed by atoms with van der Waals surface area (Å²) < 4.78 is 5.18. The largest absolute Gasteiger partial charge is 0.497 e. The molecule has 5 heteroatoms. The highest BCUT2D eigenvalue weighted by atomic mass is 16.5. The predicted molar refractivity (Wildman–Crippen MR) is 76.9 cm³/mol. The number of hydrogen-bond acceptors (Lipinski definition) is 3. The lowest BCUT2D eigenvalue weighted by Gasteiger charge is -2.29. The van der Waals surface area contributed by atoms with Gasteiger partial charge >= 0.3 is 0 Å². The molecule has 0 spiro atoms. The average molecular weight is 273 g/mol. The van der Waals surface area contributed by atoms with Gasteiger partial charge in [0.2, 0.25) is 0 Å². The fourth-order valence-electron chi connectivity index (χ4n) is 2.65. The van der Waals surface area contributed by atoms with Gasteiger partial charge in [0.05, 0.1) is 12.6 Å². The molecule has 1 fully saturated rings. The number of fused-ring (bicyclic) bond motifs is 1. The Kier molecular flexibility index (Phi) is 3.34. The van der Waals surface area contributed by atoms with E-state index in [1.165, 1.54) is 0 Å². The summed E-state index contributed by atoms with van der Waals surface area (Å²) in [6.07, 6.45) is 2.14. The fraction of sp³-hybridized carbons (Fsp3) is 0.467. The van der Waals surface area contributed by atoms with E-state index in [-0.39, 0.29) is 5.91 Å². The third-order valence-corrected chi connectivity index (χ3v) is 4.04. The minimum Gasteiger partial charge on any atom is -0.497 e. The van der Waals surface area contributed by atoms with Crippen LogP contribution in [0.25, 0.3) is 10.9 Å². The number of aromatic nitrogens is 2. The van der Waals surface area contributed by atoms with Crippen LogP contribution in [0.2, 0.25) is 0 Å². The van der Waals surface area contributed by atoms with Gasteiger partial charge in [-0.25, -0.2) is 0 Å². The number of methoxy groups -OCH3 is 1. The molecule has 1 N–H and O–H groups in total. The van der Waals surface area contributed by atoms with Crippen LogP contribution in [0.5, 0.6) is 5.75 Å². The van der Waals surface area contributed by atoms with Crippen LogP contribution in [-0.4, -0.2) is 41.2 Å². The van der Waals surface area contributed by atoms with Crippen molar-refractivity contribution < 1.29 is 9.53 Å². The highest BCUT2D eigenvalue weighted by Gasteiger charge is 2.24. The predicted octanol–water partition coefficient (Wildman–Crippen LogP) is 2.44. The maximum atomic E-state index is 12.5. The molecule has 0 bridgehead atoms. The van der Waals surface area contributed by atoms with Crippen molar-refractivity contribution in [2.24, 2.45) is 5.92 Å². The van der Waals surface area contributed by atoms with E-state index in [0.717, 1.165) is 42.6 Å². The van der Waals surface area contributed by atoms with Crippen LogP contribution in [-0.2, 0) is 0 Å². The molecular weight excluding hydrogens is 254 g/mol. The summed E-state index contributed by atoms with van der Waals surface area (Å²) in [5.41, 5.74) is 1.34. The van der Waals surface area contributed by atoms with Gasteiger partial charge in [0.1, 0.15) is 5.75 Å².